The smallest absolute Gasteiger partial charge is 0.329 e. The van der Waals surface area contributed by atoms with Crippen molar-refractivity contribution in [2.24, 2.45) is 11.8 Å². The van der Waals surface area contributed by atoms with Crippen molar-refractivity contribution in [1.29, 1.82) is 0 Å². The molecule has 1 rings (SSSR count). The number of esters is 1. The number of nitrogens with zero attached hydrogens (tertiary/aromatic N) is 1. The number of aliphatic hydroxyl groups excluding tert-OH is 1. The minimum atomic E-state index is -1.04. The Morgan fingerprint density at radius 1 is 1.47 bits per heavy atom. The van der Waals surface area contributed by atoms with E-state index >= 15 is 0 Å². The standard InChI is InChI=1S/C12H19NO6/c1-7(2)10(12(18)19-4-3-14)13-6-8(11(16)17)5-9(13)15/h7-8,10,14H,3-6H2,1-2H3,(H,16,17). The van der Waals surface area contributed by atoms with Gasteiger partial charge in [0.2, 0.25) is 5.91 Å². The summed E-state index contributed by atoms with van der Waals surface area (Å²) in [6.45, 7) is 3.11. The van der Waals surface area contributed by atoms with Crippen molar-refractivity contribution in [3.63, 3.8) is 0 Å². The van der Waals surface area contributed by atoms with Crippen molar-refractivity contribution in [3.8, 4) is 0 Å². The number of likely N-dealkylation sites (tertiary alicyclic amines) is 1. The van der Waals surface area contributed by atoms with Gasteiger partial charge >= 0.3 is 11.9 Å². The molecule has 2 N–H and O–H groups in total. The van der Waals surface area contributed by atoms with E-state index in [1.807, 2.05) is 0 Å². The van der Waals surface area contributed by atoms with Gasteiger partial charge in [0.05, 0.1) is 12.5 Å². The summed E-state index contributed by atoms with van der Waals surface area (Å²) in [5, 5.41) is 17.6. The summed E-state index contributed by atoms with van der Waals surface area (Å²) < 4.78 is 4.84. The van der Waals surface area contributed by atoms with Crippen LogP contribution in [0.3, 0.4) is 0 Å². The molecule has 0 radical (unpaired) electrons. The average Bonchev–Trinajstić information content (AvgIpc) is 2.69. The van der Waals surface area contributed by atoms with Gasteiger partial charge in [-0.05, 0) is 5.92 Å². The van der Waals surface area contributed by atoms with Gasteiger partial charge in [0.1, 0.15) is 12.6 Å². The van der Waals surface area contributed by atoms with Crippen molar-refractivity contribution >= 4 is 17.8 Å². The maximum Gasteiger partial charge on any atom is 0.329 e. The summed E-state index contributed by atoms with van der Waals surface area (Å²) in [4.78, 5) is 35.9. The Labute approximate surface area is 111 Å². The lowest BCUT2D eigenvalue weighted by Crippen LogP contribution is -2.47. The maximum absolute atomic E-state index is 11.9. The SMILES string of the molecule is CC(C)C(C(=O)OCCO)N1CC(C(=O)O)CC1=O. The van der Waals surface area contributed by atoms with E-state index in [2.05, 4.69) is 0 Å². The number of aliphatic hydroxyl groups is 1. The van der Waals surface area contributed by atoms with Crippen LogP contribution >= 0.6 is 0 Å². The van der Waals surface area contributed by atoms with Crippen molar-refractivity contribution in [3.05, 3.63) is 0 Å². The summed E-state index contributed by atoms with van der Waals surface area (Å²) >= 11 is 0. The lowest BCUT2D eigenvalue weighted by Gasteiger charge is -2.29. The predicted molar refractivity (Wildman–Crippen MR) is 64.1 cm³/mol. The van der Waals surface area contributed by atoms with E-state index in [4.69, 9.17) is 14.9 Å². The number of rotatable bonds is 6. The molecule has 108 valence electrons. The molecule has 1 aliphatic heterocycles. The number of aliphatic carboxylic acids is 1. The molecule has 19 heavy (non-hydrogen) atoms. The van der Waals surface area contributed by atoms with Gasteiger partial charge in [-0.25, -0.2) is 4.79 Å². The second-order valence-electron chi connectivity index (χ2n) is 4.87. The van der Waals surface area contributed by atoms with Crippen molar-refractivity contribution in [1.82, 2.24) is 4.90 Å². The summed E-state index contributed by atoms with van der Waals surface area (Å²) in [7, 11) is 0. The van der Waals surface area contributed by atoms with Crippen LogP contribution in [0.25, 0.3) is 0 Å². The summed E-state index contributed by atoms with van der Waals surface area (Å²) in [5.74, 6) is -2.97. The Morgan fingerprint density at radius 3 is 2.53 bits per heavy atom. The van der Waals surface area contributed by atoms with Gasteiger partial charge in [-0.2, -0.15) is 0 Å². The molecule has 1 aliphatic rings. The first kappa shape index (κ1) is 15.4. The minimum absolute atomic E-state index is 0.0191. The fraction of sp³-hybridized carbons (Fsp3) is 0.750. The van der Waals surface area contributed by atoms with Gasteiger partial charge in [0, 0.05) is 13.0 Å². The van der Waals surface area contributed by atoms with Crippen LogP contribution in [0.15, 0.2) is 0 Å². The zero-order valence-electron chi connectivity index (χ0n) is 11.0. The van der Waals surface area contributed by atoms with Crippen LogP contribution in [-0.4, -0.2) is 58.8 Å². The summed E-state index contributed by atoms with van der Waals surface area (Å²) in [6.07, 6.45) is -0.0914. The lowest BCUT2D eigenvalue weighted by atomic mass is 10.0. The number of amides is 1. The first-order valence-corrected chi connectivity index (χ1v) is 6.18. The molecule has 0 saturated carbocycles. The molecular formula is C12H19NO6. The number of carbonyl (C=O) groups excluding carboxylic acids is 2. The molecular weight excluding hydrogens is 254 g/mol. The molecule has 1 heterocycles. The third-order valence-electron chi connectivity index (χ3n) is 3.05. The highest BCUT2D eigenvalue weighted by Crippen LogP contribution is 2.24. The Bertz CT molecular complexity index is 367. The maximum atomic E-state index is 11.9. The molecule has 2 unspecified atom stereocenters. The van der Waals surface area contributed by atoms with Crippen molar-refractivity contribution < 1.29 is 29.3 Å². The average molecular weight is 273 g/mol. The van der Waals surface area contributed by atoms with Gasteiger partial charge in [-0.3, -0.25) is 9.59 Å². The molecule has 1 saturated heterocycles. The molecule has 0 aromatic carbocycles. The number of ether oxygens (including phenoxy) is 1. The van der Waals surface area contributed by atoms with Gasteiger partial charge < -0.3 is 19.8 Å². The van der Waals surface area contributed by atoms with Gasteiger partial charge in [-0.15, -0.1) is 0 Å². The second-order valence-corrected chi connectivity index (χ2v) is 4.87. The number of carboxylic acids is 1. The third kappa shape index (κ3) is 3.66. The highest BCUT2D eigenvalue weighted by molar-refractivity contribution is 5.90. The highest BCUT2D eigenvalue weighted by Gasteiger charge is 2.42. The molecule has 0 aromatic heterocycles. The van der Waals surface area contributed by atoms with Crippen LogP contribution in [0.2, 0.25) is 0 Å². The fourth-order valence-electron chi connectivity index (χ4n) is 2.16. The van der Waals surface area contributed by atoms with E-state index in [1.165, 1.54) is 4.90 Å². The molecule has 0 spiro atoms. The van der Waals surface area contributed by atoms with Crippen LogP contribution < -0.4 is 0 Å². The van der Waals surface area contributed by atoms with E-state index in [1.54, 1.807) is 13.8 Å². The Balaban J connectivity index is 2.79. The lowest BCUT2D eigenvalue weighted by molar-refractivity contribution is -0.156. The van der Waals surface area contributed by atoms with Crippen LogP contribution in [0, 0.1) is 11.8 Å². The first-order chi connectivity index (χ1) is 8.88. The zero-order chi connectivity index (χ0) is 14.6. The van der Waals surface area contributed by atoms with Crippen LogP contribution in [-0.2, 0) is 19.1 Å². The van der Waals surface area contributed by atoms with Gasteiger partial charge in [0.15, 0.2) is 0 Å². The van der Waals surface area contributed by atoms with Gasteiger partial charge in [0.25, 0.3) is 0 Å². The Morgan fingerprint density at radius 2 is 2.11 bits per heavy atom. The Hall–Kier alpha value is -1.63. The number of hydrogen-bond donors (Lipinski definition) is 2. The second kappa shape index (κ2) is 6.51. The van der Waals surface area contributed by atoms with E-state index < -0.39 is 23.9 Å². The van der Waals surface area contributed by atoms with E-state index in [9.17, 15) is 14.4 Å². The largest absolute Gasteiger partial charge is 0.481 e. The molecule has 1 amide bonds. The molecule has 2 atom stereocenters. The molecule has 0 aromatic rings. The van der Waals surface area contributed by atoms with Crippen molar-refractivity contribution in [2.45, 2.75) is 26.3 Å². The molecule has 0 bridgehead atoms. The quantitative estimate of drug-likeness (QED) is 0.631. The van der Waals surface area contributed by atoms with E-state index in [0.29, 0.717) is 0 Å². The third-order valence-corrected chi connectivity index (χ3v) is 3.05. The molecule has 7 nitrogen and oxygen atoms in total. The monoisotopic (exact) mass is 273 g/mol. The summed E-state index contributed by atoms with van der Waals surface area (Å²) in [6, 6.07) is -0.802. The number of hydrogen-bond acceptors (Lipinski definition) is 5. The van der Waals surface area contributed by atoms with Crippen LogP contribution in [0.5, 0.6) is 0 Å². The van der Waals surface area contributed by atoms with Crippen LogP contribution in [0.1, 0.15) is 20.3 Å². The topological polar surface area (TPSA) is 104 Å². The van der Waals surface area contributed by atoms with E-state index in [0.717, 1.165) is 0 Å². The zero-order valence-corrected chi connectivity index (χ0v) is 11.0. The molecule has 0 aliphatic carbocycles. The summed E-state index contributed by atoms with van der Waals surface area (Å²) in [5.41, 5.74) is 0. The predicted octanol–water partition coefficient (Wildman–Crippen LogP) is -0.520. The molecule has 7 heteroatoms. The molecule has 1 fully saturated rings. The van der Waals surface area contributed by atoms with E-state index in [-0.39, 0.29) is 38.0 Å². The van der Waals surface area contributed by atoms with Gasteiger partial charge in [-0.1, -0.05) is 13.8 Å². The normalized spacial score (nSPS) is 20.7. The number of carboxylic acid groups (broad SMARTS) is 1. The van der Waals surface area contributed by atoms with Crippen LogP contribution in [0.4, 0.5) is 0 Å². The Kier molecular flexibility index (Phi) is 5.29. The fourth-order valence-corrected chi connectivity index (χ4v) is 2.16. The van der Waals surface area contributed by atoms with Crippen molar-refractivity contribution in [2.75, 3.05) is 19.8 Å². The minimum Gasteiger partial charge on any atom is -0.481 e. The first-order valence-electron chi connectivity index (χ1n) is 6.18. The number of carbonyl (C=O) groups is 3. The highest BCUT2D eigenvalue weighted by atomic mass is 16.5.